The highest BCUT2D eigenvalue weighted by molar-refractivity contribution is 9.10. The number of benzene rings is 1. The van der Waals surface area contributed by atoms with Crippen molar-refractivity contribution in [1.29, 1.82) is 0 Å². The summed E-state index contributed by atoms with van der Waals surface area (Å²) in [6.07, 6.45) is 2.11. The predicted molar refractivity (Wildman–Crippen MR) is 76.3 cm³/mol. The van der Waals surface area contributed by atoms with Gasteiger partial charge in [-0.3, -0.25) is 0 Å². The fourth-order valence-electron chi connectivity index (χ4n) is 1.93. The molecule has 4 nitrogen and oxygen atoms in total. The summed E-state index contributed by atoms with van der Waals surface area (Å²) in [6, 6.07) is 8.85. The van der Waals surface area contributed by atoms with Crippen molar-refractivity contribution < 1.29 is 8.42 Å². The van der Waals surface area contributed by atoms with Gasteiger partial charge in [-0.25, -0.2) is 13.1 Å². The molecule has 1 aromatic heterocycles. The highest BCUT2D eigenvalue weighted by atomic mass is 79.9. The second-order valence-corrected chi connectivity index (χ2v) is 7.94. The molecule has 1 fully saturated rings. The van der Waals surface area contributed by atoms with Crippen LogP contribution in [0.15, 0.2) is 39.8 Å². The summed E-state index contributed by atoms with van der Waals surface area (Å²) in [6.45, 7) is 0. The molecule has 1 aromatic carbocycles. The summed E-state index contributed by atoms with van der Waals surface area (Å²) in [5.74, 6) is 0.366. The Morgan fingerprint density at radius 2 is 2.05 bits per heavy atom. The molecule has 0 aliphatic heterocycles. The van der Waals surface area contributed by atoms with Gasteiger partial charge in [0.2, 0.25) is 0 Å². The van der Waals surface area contributed by atoms with Gasteiger partial charge in [0.15, 0.2) is 5.03 Å². The lowest BCUT2D eigenvalue weighted by Crippen LogP contribution is -2.04. The molecule has 0 atom stereocenters. The van der Waals surface area contributed by atoms with E-state index in [2.05, 4.69) is 21.0 Å². The molecule has 1 aliphatic carbocycles. The third-order valence-electron chi connectivity index (χ3n) is 2.99. The monoisotopic (exact) mass is 360 g/mol. The van der Waals surface area contributed by atoms with Crippen LogP contribution in [0.3, 0.4) is 0 Å². The van der Waals surface area contributed by atoms with E-state index in [-0.39, 0.29) is 5.03 Å². The molecule has 0 radical (unpaired) electrons. The summed E-state index contributed by atoms with van der Waals surface area (Å²) in [5.41, 5.74) is 1.46. The fourth-order valence-corrected chi connectivity index (χ4v) is 3.26. The van der Waals surface area contributed by atoms with Crippen LogP contribution in [0.1, 0.15) is 24.5 Å². The van der Waals surface area contributed by atoms with Gasteiger partial charge in [-0.2, -0.15) is 5.10 Å². The Bertz CT molecular complexity index is 738. The quantitative estimate of drug-likeness (QED) is 0.787. The topological polar surface area (TPSA) is 52.0 Å². The number of hydrogen-bond donors (Lipinski definition) is 0. The van der Waals surface area contributed by atoms with E-state index in [4.69, 9.17) is 10.7 Å². The number of aromatic nitrogens is 2. The molecule has 1 saturated carbocycles. The van der Waals surface area contributed by atoms with Gasteiger partial charge in [0, 0.05) is 27.1 Å². The molecule has 7 heteroatoms. The van der Waals surface area contributed by atoms with Crippen LogP contribution in [-0.4, -0.2) is 18.2 Å². The number of nitrogens with zero attached hydrogens (tertiary/aromatic N) is 2. The Hall–Kier alpha value is -0.850. The molecule has 0 unspecified atom stereocenters. The van der Waals surface area contributed by atoms with E-state index in [0.717, 1.165) is 23.0 Å². The average molecular weight is 362 g/mol. The third-order valence-corrected chi connectivity index (χ3v) is 4.75. The van der Waals surface area contributed by atoms with Gasteiger partial charge in [-0.15, -0.1) is 0 Å². The SMILES string of the molecule is O=S(=O)(Cl)c1cc(C2CC2)nn1-c1cccc(Br)c1. The molecule has 19 heavy (non-hydrogen) atoms. The Balaban J connectivity index is 2.18. The van der Waals surface area contributed by atoms with Crippen LogP contribution in [0.4, 0.5) is 0 Å². The van der Waals surface area contributed by atoms with Crippen LogP contribution >= 0.6 is 26.6 Å². The number of halogens is 2. The molecule has 3 rings (SSSR count). The molecule has 0 amide bonds. The molecular formula is C12H10BrClN2O2S. The van der Waals surface area contributed by atoms with E-state index < -0.39 is 9.05 Å². The largest absolute Gasteiger partial charge is 0.278 e. The number of hydrogen-bond acceptors (Lipinski definition) is 3. The molecule has 1 aliphatic rings. The lowest BCUT2D eigenvalue weighted by molar-refractivity contribution is 0.599. The maximum Gasteiger partial charge on any atom is 0.278 e. The lowest BCUT2D eigenvalue weighted by atomic mass is 10.3. The molecule has 100 valence electrons. The van der Waals surface area contributed by atoms with Crippen LogP contribution in [0, 0.1) is 0 Å². The second-order valence-electron chi connectivity index (χ2n) is 4.51. The zero-order valence-corrected chi connectivity index (χ0v) is 12.9. The van der Waals surface area contributed by atoms with Crippen molar-refractivity contribution in [3.8, 4) is 5.69 Å². The van der Waals surface area contributed by atoms with Crippen LogP contribution in [0.5, 0.6) is 0 Å². The zero-order chi connectivity index (χ0) is 13.6. The highest BCUT2D eigenvalue weighted by Crippen LogP contribution is 2.40. The second kappa shape index (κ2) is 4.61. The standard InChI is InChI=1S/C12H10BrClN2O2S/c13-9-2-1-3-10(6-9)16-12(19(14,17)18)7-11(15-16)8-4-5-8/h1-3,6-8H,4-5H2. The summed E-state index contributed by atoms with van der Waals surface area (Å²) in [5, 5.41) is 4.40. The minimum absolute atomic E-state index is 0.0224. The zero-order valence-electron chi connectivity index (χ0n) is 9.75. The maximum absolute atomic E-state index is 11.7. The smallest absolute Gasteiger partial charge is 0.221 e. The van der Waals surface area contributed by atoms with Crippen LogP contribution in [-0.2, 0) is 9.05 Å². The van der Waals surface area contributed by atoms with E-state index in [1.807, 2.05) is 12.1 Å². The molecule has 2 aromatic rings. The van der Waals surface area contributed by atoms with Gasteiger partial charge in [0.25, 0.3) is 9.05 Å². The van der Waals surface area contributed by atoms with Crippen molar-refractivity contribution in [1.82, 2.24) is 9.78 Å². The number of rotatable bonds is 3. The van der Waals surface area contributed by atoms with Gasteiger partial charge < -0.3 is 0 Å². The first kappa shape index (κ1) is 13.1. The van der Waals surface area contributed by atoms with Gasteiger partial charge in [-0.05, 0) is 31.0 Å². The van der Waals surface area contributed by atoms with Gasteiger partial charge in [-0.1, -0.05) is 22.0 Å². The van der Waals surface area contributed by atoms with E-state index in [0.29, 0.717) is 11.6 Å². The first-order valence-electron chi connectivity index (χ1n) is 5.76. The Morgan fingerprint density at radius 3 is 2.63 bits per heavy atom. The predicted octanol–water partition coefficient (Wildman–Crippen LogP) is 3.44. The van der Waals surface area contributed by atoms with E-state index in [1.54, 1.807) is 18.2 Å². The van der Waals surface area contributed by atoms with Crippen molar-refractivity contribution >= 4 is 35.7 Å². The molecule has 0 saturated heterocycles. The Kier molecular flexibility index (Phi) is 3.19. The summed E-state index contributed by atoms with van der Waals surface area (Å²) in [7, 11) is 1.67. The third kappa shape index (κ3) is 2.70. The van der Waals surface area contributed by atoms with E-state index in [9.17, 15) is 8.42 Å². The van der Waals surface area contributed by atoms with Gasteiger partial charge in [0.05, 0.1) is 11.4 Å². The molecular weight excluding hydrogens is 352 g/mol. The van der Waals surface area contributed by atoms with Crippen molar-refractivity contribution in [3.05, 3.63) is 40.5 Å². The average Bonchev–Trinajstić information content (AvgIpc) is 3.06. The van der Waals surface area contributed by atoms with Crippen LogP contribution < -0.4 is 0 Å². The summed E-state index contributed by atoms with van der Waals surface area (Å²) < 4.78 is 25.6. The minimum atomic E-state index is -3.82. The first-order chi connectivity index (χ1) is 8.95. The minimum Gasteiger partial charge on any atom is -0.221 e. The van der Waals surface area contributed by atoms with Crippen molar-refractivity contribution in [2.24, 2.45) is 0 Å². The summed E-state index contributed by atoms with van der Waals surface area (Å²) >= 11 is 3.36. The summed E-state index contributed by atoms with van der Waals surface area (Å²) in [4.78, 5) is 0. The van der Waals surface area contributed by atoms with Crippen molar-refractivity contribution in [3.63, 3.8) is 0 Å². The fraction of sp³-hybridized carbons (Fsp3) is 0.250. The Labute approximate surface area is 123 Å². The normalized spacial score (nSPS) is 15.7. The molecule has 0 N–H and O–H groups in total. The molecule has 1 heterocycles. The van der Waals surface area contributed by atoms with Crippen molar-refractivity contribution in [2.75, 3.05) is 0 Å². The first-order valence-corrected chi connectivity index (χ1v) is 8.86. The maximum atomic E-state index is 11.7. The van der Waals surface area contributed by atoms with Gasteiger partial charge in [0.1, 0.15) is 0 Å². The van der Waals surface area contributed by atoms with Crippen LogP contribution in [0.25, 0.3) is 5.69 Å². The van der Waals surface area contributed by atoms with Gasteiger partial charge >= 0.3 is 0 Å². The molecule has 0 bridgehead atoms. The van der Waals surface area contributed by atoms with Crippen molar-refractivity contribution in [2.45, 2.75) is 23.8 Å². The highest BCUT2D eigenvalue weighted by Gasteiger charge is 2.30. The molecule has 0 spiro atoms. The van der Waals surface area contributed by atoms with Crippen LogP contribution in [0.2, 0.25) is 0 Å². The Morgan fingerprint density at radius 1 is 1.32 bits per heavy atom. The lowest BCUT2D eigenvalue weighted by Gasteiger charge is -2.05. The van der Waals surface area contributed by atoms with E-state index >= 15 is 0 Å². The van der Waals surface area contributed by atoms with E-state index in [1.165, 1.54) is 4.68 Å².